The molecule has 0 fully saturated rings. The van der Waals surface area contributed by atoms with Crippen LogP contribution >= 0.6 is 0 Å². The lowest BCUT2D eigenvalue weighted by atomic mass is 10.1. The first-order valence-corrected chi connectivity index (χ1v) is 7.87. The smallest absolute Gasteiger partial charge is 0.254 e. The number of hydrogen-bond acceptors (Lipinski definition) is 4. The van der Waals surface area contributed by atoms with Crippen LogP contribution in [0, 0.1) is 0 Å². The van der Waals surface area contributed by atoms with E-state index in [1.54, 1.807) is 42.3 Å². The molecule has 25 heavy (non-hydrogen) atoms. The Kier molecular flexibility index (Phi) is 5.11. The number of methoxy groups -OCH3 is 1. The molecule has 0 aliphatic heterocycles. The fraction of sp³-hybridized carbons (Fsp3) is 0.158. The van der Waals surface area contributed by atoms with Gasteiger partial charge in [0.15, 0.2) is 0 Å². The van der Waals surface area contributed by atoms with E-state index in [9.17, 15) is 9.90 Å². The Labute approximate surface area is 145 Å². The van der Waals surface area contributed by atoms with Gasteiger partial charge in [-0.25, -0.2) is 4.68 Å². The number of rotatable bonds is 6. The van der Waals surface area contributed by atoms with Crippen LogP contribution in [0.5, 0.6) is 5.75 Å². The van der Waals surface area contributed by atoms with Crippen molar-refractivity contribution in [3.63, 3.8) is 0 Å². The topological polar surface area (TPSA) is 76.4 Å². The number of para-hydroxylation sites is 1. The second-order valence-corrected chi connectivity index (χ2v) is 5.51. The Morgan fingerprint density at radius 1 is 1.24 bits per heavy atom. The first-order chi connectivity index (χ1) is 12.2. The summed E-state index contributed by atoms with van der Waals surface area (Å²) in [6.45, 7) is 0.0997. The zero-order valence-corrected chi connectivity index (χ0v) is 13.8. The van der Waals surface area contributed by atoms with Crippen molar-refractivity contribution in [1.82, 2.24) is 15.1 Å². The highest BCUT2D eigenvalue weighted by atomic mass is 16.5. The normalized spacial score (nSPS) is 11.8. The minimum absolute atomic E-state index is 0.0997. The molecular formula is C19H19N3O3. The quantitative estimate of drug-likeness (QED) is 0.724. The lowest BCUT2D eigenvalue weighted by molar-refractivity contribution is 0.0916. The Balaban J connectivity index is 1.62. The molecule has 6 nitrogen and oxygen atoms in total. The van der Waals surface area contributed by atoms with Crippen LogP contribution in [-0.2, 0) is 0 Å². The number of carbonyl (C=O) groups is 1. The molecule has 0 aliphatic rings. The van der Waals surface area contributed by atoms with Gasteiger partial charge < -0.3 is 15.2 Å². The third-order valence-corrected chi connectivity index (χ3v) is 3.80. The van der Waals surface area contributed by atoms with Crippen LogP contribution in [0.3, 0.4) is 0 Å². The van der Waals surface area contributed by atoms with Gasteiger partial charge in [0.1, 0.15) is 5.75 Å². The lowest BCUT2D eigenvalue weighted by Gasteiger charge is -2.12. The number of nitrogens with one attached hydrogen (secondary N) is 1. The van der Waals surface area contributed by atoms with Crippen molar-refractivity contribution in [1.29, 1.82) is 0 Å². The fourth-order valence-electron chi connectivity index (χ4n) is 2.42. The summed E-state index contributed by atoms with van der Waals surface area (Å²) < 4.78 is 6.77. The molecule has 128 valence electrons. The van der Waals surface area contributed by atoms with Gasteiger partial charge in [-0.2, -0.15) is 5.10 Å². The molecule has 0 saturated heterocycles. The van der Waals surface area contributed by atoms with Crippen molar-refractivity contribution in [2.75, 3.05) is 13.7 Å². The van der Waals surface area contributed by atoms with Crippen LogP contribution in [-0.4, -0.2) is 34.4 Å². The molecule has 0 spiro atoms. The Bertz CT molecular complexity index is 846. The molecule has 0 saturated carbocycles. The van der Waals surface area contributed by atoms with Crippen LogP contribution in [0.1, 0.15) is 22.0 Å². The average molecular weight is 337 g/mol. The van der Waals surface area contributed by atoms with Gasteiger partial charge in [0.2, 0.25) is 0 Å². The monoisotopic (exact) mass is 337 g/mol. The van der Waals surface area contributed by atoms with Crippen molar-refractivity contribution >= 4 is 5.91 Å². The maximum atomic E-state index is 12.2. The predicted molar refractivity (Wildman–Crippen MR) is 93.9 cm³/mol. The Morgan fingerprint density at radius 2 is 2.04 bits per heavy atom. The molecular weight excluding hydrogens is 318 g/mol. The van der Waals surface area contributed by atoms with Crippen LogP contribution < -0.4 is 10.1 Å². The maximum absolute atomic E-state index is 12.2. The molecule has 1 unspecified atom stereocenters. The summed E-state index contributed by atoms with van der Waals surface area (Å²) in [7, 11) is 1.57. The minimum Gasteiger partial charge on any atom is -0.497 e. The van der Waals surface area contributed by atoms with Gasteiger partial charge in [0.05, 0.1) is 30.7 Å². The van der Waals surface area contributed by atoms with E-state index in [0.717, 1.165) is 5.69 Å². The number of amides is 1. The van der Waals surface area contributed by atoms with Gasteiger partial charge in [-0.1, -0.05) is 30.3 Å². The molecule has 1 aromatic heterocycles. The summed E-state index contributed by atoms with van der Waals surface area (Å²) in [5.74, 6) is 0.371. The van der Waals surface area contributed by atoms with Gasteiger partial charge in [0.25, 0.3) is 5.91 Å². The van der Waals surface area contributed by atoms with Gasteiger partial charge in [-0.15, -0.1) is 0 Å². The molecule has 1 atom stereocenters. The summed E-state index contributed by atoms with van der Waals surface area (Å²) in [4.78, 5) is 12.2. The molecule has 1 amide bonds. The fourth-order valence-corrected chi connectivity index (χ4v) is 2.42. The maximum Gasteiger partial charge on any atom is 0.254 e. The molecule has 1 heterocycles. The third-order valence-electron chi connectivity index (χ3n) is 3.80. The summed E-state index contributed by atoms with van der Waals surface area (Å²) >= 11 is 0. The summed E-state index contributed by atoms with van der Waals surface area (Å²) in [6, 6.07) is 16.7. The number of hydrogen-bond donors (Lipinski definition) is 2. The van der Waals surface area contributed by atoms with Crippen LogP contribution in [0.25, 0.3) is 5.69 Å². The first-order valence-electron chi connectivity index (χ1n) is 7.87. The lowest BCUT2D eigenvalue weighted by Crippen LogP contribution is -2.28. The highest BCUT2D eigenvalue weighted by Crippen LogP contribution is 2.18. The van der Waals surface area contributed by atoms with E-state index in [1.165, 1.54) is 6.20 Å². The van der Waals surface area contributed by atoms with Crippen molar-refractivity contribution < 1.29 is 14.6 Å². The summed E-state index contributed by atoms with van der Waals surface area (Å²) in [6.07, 6.45) is 2.34. The Hall–Kier alpha value is -3.12. The second kappa shape index (κ2) is 7.63. The van der Waals surface area contributed by atoms with E-state index in [-0.39, 0.29) is 12.5 Å². The van der Waals surface area contributed by atoms with Gasteiger partial charge >= 0.3 is 0 Å². The van der Waals surface area contributed by atoms with E-state index in [0.29, 0.717) is 16.9 Å². The number of aromatic nitrogens is 2. The van der Waals surface area contributed by atoms with Gasteiger partial charge in [-0.3, -0.25) is 4.79 Å². The number of ether oxygens (including phenoxy) is 1. The predicted octanol–water partition coefficient (Wildman–Crippen LogP) is 2.34. The number of nitrogens with zero attached hydrogens (tertiary/aromatic N) is 2. The molecule has 6 heteroatoms. The first kappa shape index (κ1) is 16.7. The molecule has 0 radical (unpaired) electrons. The van der Waals surface area contributed by atoms with Crippen molar-refractivity contribution in [3.05, 3.63) is 78.1 Å². The number of aliphatic hydroxyl groups is 1. The SMILES string of the molecule is COc1cccc(C(O)CNC(=O)c2cnn(-c3ccccc3)c2)c1. The molecule has 3 rings (SSSR count). The third kappa shape index (κ3) is 4.05. The Morgan fingerprint density at radius 3 is 2.80 bits per heavy atom. The van der Waals surface area contributed by atoms with Crippen molar-refractivity contribution in [2.45, 2.75) is 6.10 Å². The summed E-state index contributed by atoms with van der Waals surface area (Å²) in [5.41, 5.74) is 1.99. The molecule has 3 aromatic rings. The zero-order chi connectivity index (χ0) is 17.6. The van der Waals surface area contributed by atoms with Gasteiger partial charge in [-0.05, 0) is 29.8 Å². The second-order valence-electron chi connectivity index (χ2n) is 5.51. The van der Waals surface area contributed by atoms with Crippen LogP contribution in [0.4, 0.5) is 0 Å². The molecule has 0 aliphatic carbocycles. The van der Waals surface area contributed by atoms with Crippen LogP contribution in [0.2, 0.25) is 0 Å². The van der Waals surface area contributed by atoms with E-state index in [4.69, 9.17) is 4.74 Å². The van der Waals surface area contributed by atoms with E-state index < -0.39 is 6.10 Å². The standard InChI is InChI=1S/C19H19N3O3/c1-25-17-9-5-6-14(10-17)18(23)12-20-19(24)15-11-21-22(13-15)16-7-3-2-4-8-16/h2-11,13,18,23H,12H2,1H3,(H,20,24). The molecule has 0 bridgehead atoms. The summed E-state index contributed by atoms with van der Waals surface area (Å²) in [5, 5.41) is 17.1. The van der Waals surface area contributed by atoms with Crippen molar-refractivity contribution in [2.24, 2.45) is 0 Å². The average Bonchev–Trinajstić information content (AvgIpc) is 3.17. The van der Waals surface area contributed by atoms with E-state index in [2.05, 4.69) is 10.4 Å². The minimum atomic E-state index is -0.816. The van der Waals surface area contributed by atoms with Crippen LogP contribution in [0.15, 0.2) is 67.0 Å². The largest absolute Gasteiger partial charge is 0.497 e. The number of aliphatic hydroxyl groups excluding tert-OH is 1. The van der Waals surface area contributed by atoms with Gasteiger partial charge in [0, 0.05) is 12.7 Å². The molecule has 2 aromatic carbocycles. The number of carbonyl (C=O) groups excluding carboxylic acids is 1. The van der Waals surface area contributed by atoms with E-state index in [1.807, 2.05) is 30.3 Å². The van der Waals surface area contributed by atoms with Crippen molar-refractivity contribution in [3.8, 4) is 11.4 Å². The highest BCUT2D eigenvalue weighted by Gasteiger charge is 2.13. The highest BCUT2D eigenvalue weighted by molar-refractivity contribution is 5.93. The number of benzene rings is 2. The van der Waals surface area contributed by atoms with E-state index >= 15 is 0 Å². The molecule has 2 N–H and O–H groups in total. The zero-order valence-electron chi connectivity index (χ0n) is 13.8.